The summed E-state index contributed by atoms with van der Waals surface area (Å²) < 4.78 is 5.77. The number of ether oxygens (including phenoxy) is 1. The topological polar surface area (TPSA) is 62.7 Å². The zero-order chi connectivity index (χ0) is 21.6. The molecule has 2 heterocycles. The molecule has 2 aromatic carbocycles. The highest BCUT2D eigenvalue weighted by Crippen LogP contribution is 2.17. The lowest BCUT2D eigenvalue weighted by Crippen LogP contribution is -2.51. The molecule has 3 aromatic rings. The molecular formula is C24H25N3O3S. The highest BCUT2D eigenvalue weighted by molar-refractivity contribution is 7.09. The van der Waals surface area contributed by atoms with Gasteiger partial charge >= 0.3 is 0 Å². The van der Waals surface area contributed by atoms with Crippen LogP contribution in [-0.4, -0.2) is 52.8 Å². The van der Waals surface area contributed by atoms with E-state index in [1.54, 1.807) is 0 Å². The number of thiazole rings is 1. The molecular weight excluding hydrogens is 410 g/mol. The van der Waals surface area contributed by atoms with Gasteiger partial charge in [0.25, 0.3) is 5.91 Å². The van der Waals surface area contributed by atoms with Crippen LogP contribution >= 0.6 is 11.3 Å². The molecule has 1 saturated heterocycles. The van der Waals surface area contributed by atoms with Crippen molar-refractivity contribution in [1.29, 1.82) is 0 Å². The SMILES string of the molecule is Cc1ccc(OCc2nc(CC(=O)N3CCN(C(=O)c4ccccc4)CC3)cs2)cc1. The summed E-state index contributed by atoms with van der Waals surface area (Å²) in [6.45, 7) is 4.62. The summed E-state index contributed by atoms with van der Waals surface area (Å²) in [4.78, 5) is 33.4. The molecule has 0 unspecified atom stereocenters. The van der Waals surface area contributed by atoms with Crippen molar-refractivity contribution in [1.82, 2.24) is 14.8 Å². The molecule has 0 atom stereocenters. The van der Waals surface area contributed by atoms with Gasteiger partial charge in [0, 0.05) is 37.1 Å². The molecule has 0 spiro atoms. The van der Waals surface area contributed by atoms with Gasteiger partial charge in [-0.25, -0.2) is 4.98 Å². The van der Waals surface area contributed by atoms with E-state index in [2.05, 4.69) is 4.98 Å². The monoisotopic (exact) mass is 435 g/mol. The molecule has 0 saturated carbocycles. The molecule has 2 amide bonds. The maximum absolute atomic E-state index is 12.7. The van der Waals surface area contributed by atoms with Crippen LogP contribution in [0, 0.1) is 6.92 Å². The van der Waals surface area contributed by atoms with Gasteiger partial charge in [0.2, 0.25) is 5.91 Å². The number of carbonyl (C=O) groups is 2. The molecule has 1 fully saturated rings. The third kappa shape index (κ3) is 5.49. The van der Waals surface area contributed by atoms with E-state index < -0.39 is 0 Å². The minimum atomic E-state index is 0.0189. The van der Waals surface area contributed by atoms with E-state index >= 15 is 0 Å². The fraction of sp³-hybridized carbons (Fsp3) is 0.292. The second kappa shape index (κ2) is 9.75. The smallest absolute Gasteiger partial charge is 0.253 e. The minimum absolute atomic E-state index is 0.0189. The van der Waals surface area contributed by atoms with Gasteiger partial charge in [0.1, 0.15) is 17.4 Å². The third-order valence-corrected chi connectivity index (χ3v) is 6.13. The quantitative estimate of drug-likeness (QED) is 0.594. The average molecular weight is 436 g/mol. The number of aryl methyl sites for hydroxylation is 1. The number of rotatable bonds is 6. The zero-order valence-corrected chi connectivity index (χ0v) is 18.3. The van der Waals surface area contributed by atoms with Crippen molar-refractivity contribution < 1.29 is 14.3 Å². The van der Waals surface area contributed by atoms with Crippen molar-refractivity contribution >= 4 is 23.2 Å². The van der Waals surface area contributed by atoms with Crippen molar-refractivity contribution in [2.45, 2.75) is 20.0 Å². The summed E-state index contributed by atoms with van der Waals surface area (Å²) in [7, 11) is 0. The van der Waals surface area contributed by atoms with E-state index in [9.17, 15) is 9.59 Å². The van der Waals surface area contributed by atoms with E-state index in [0.29, 0.717) is 38.3 Å². The summed E-state index contributed by atoms with van der Waals surface area (Å²) >= 11 is 1.50. The zero-order valence-electron chi connectivity index (χ0n) is 17.5. The van der Waals surface area contributed by atoms with Crippen LogP contribution in [0.4, 0.5) is 0 Å². The van der Waals surface area contributed by atoms with Crippen LogP contribution in [0.5, 0.6) is 5.75 Å². The Hall–Kier alpha value is -3.19. The van der Waals surface area contributed by atoms with Crippen molar-refractivity contribution in [3.05, 3.63) is 81.8 Å². The van der Waals surface area contributed by atoms with E-state index in [4.69, 9.17) is 4.74 Å². The van der Waals surface area contributed by atoms with E-state index in [1.807, 2.05) is 76.7 Å². The lowest BCUT2D eigenvalue weighted by Gasteiger charge is -2.34. The molecule has 6 nitrogen and oxygen atoms in total. The molecule has 1 aromatic heterocycles. The third-order valence-electron chi connectivity index (χ3n) is 5.26. The van der Waals surface area contributed by atoms with Crippen molar-refractivity contribution in [2.75, 3.05) is 26.2 Å². The van der Waals surface area contributed by atoms with Gasteiger partial charge in [-0.2, -0.15) is 0 Å². The largest absolute Gasteiger partial charge is 0.486 e. The molecule has 0 aliphatic carbocycles. The first-order chi connectivity index (χ1) is 15.1. The van der Waals surface area contributed by atoms with Gasteiger partial charge in [-0.05, 0) is 31.2 Å². The first-order valence-corrected chi connectivity index (χ1v) is 11.2. The number of benzene rings is 2. The van der Waals surface area contributed by atoms with E-state index in [1.165, 1.54) is 16.9 Å². The fourth-order valence-corrected chi connectivity index (χ4v) is 4.17. The minimum Gasteiger partial charge on any atom is -0.486 e. The number of nitrogens with zero attached hydrogens (tertiary/aromatic N) is 3. The molecule has 31 heavy (non-hydrogen) atoms. The van der Waals surface area contributed by atoms with Crippen LogP contribution in [0.2, 0.25) is 0 Å². The van der Waals surface area contributed by atoms with Crippen LogP contribution < -0.4 is 4.74 Å². The maximum atomic E-state index is 12.7. The van der Waals surface area contributed by atoms with Gasteiger partial charge in [-0.1, -0.05) is 35.9 Å². The lowest BCUT2D eigenvalue weighted by atomic mass is 10.2. The Morgan fingerprint density at radius 3 is 2.35 bits per heavy atom. The van der Waals surface area contributed by atoms with Crippen molar-refractivity contribution in [3.63, 3.8) is 0 Å². The summed E-state index contributed by atoms with van der Waals surface area (Å²) in [5.41, 5.74) is 2.64. The molecule has 7 heteroatoms. The molecule has 1 aliphatic rings. The lowest BCUT2D eigenvalue weighted by molar-refractivity contribution is -0.132. The second-order valence-electron chi connectivity index (χ2n) is 7.55. The molecule has 0 bridgehead atoms. The number of piperazine rings is 1. The van der Waals surface area contributed by atoms with E-state index in [-0.39, 0.29) is 18.2 Å². The normalized spacial score (nSPS) is 13.8. The molecule has 0 radical (unpaired) electrons. The summed E-state index contributed by atoms with van der Waals surface area (Å²) in [6.07, 6.45) is 0.271. The van der Waals surface area contributed by atoms with Gasteiger partial charge in [0.15, 0.2) is 0 Å². The summed E-state index contributed by atoms with van der Waals surface area (Å²) in [6, 6.07) is 17.2. The van der Waals surface area contributed by atoms with Gasteiger partial charge in [0.05, 0.1) is 12.1 Å². The maximum Gasteiger partial charge on any atom is 0.253 e. The van der Waals surface area contributed by atoms with Crippen molar-refractivity contribution in [2.24, 2.45) is 0 Å². The van der Waals surface area contributed by atoms with E-state index in [0.717, 1.165) is 16.5 Å². The number of hydrogen-bond donors (Lipinski definition) is 0. The Labute approximate surface area is 186 Å². The summed E-state index contributed by atoms with van der Waals surface area (Å²) in [5, 5.41) is 2.77. The summed E-state index contributed by atoms with van der Waals surface area (Å²) in [5.74, 6) is 0.870. The molecule has 0 N–H and O–H groups in total. The van der Waals surface area contributed by atoms with Crippen LogP contribution in [0.15, 0.2) is 60.0 Å². The van der Waals surface area contributed by atoms with Crippen LogP contribution in [-0.2, 0) is 17.8 Å². The number of hydrogen-bond acceptors (Lipinski definition) is 5. The average Bonchev–Trinajstić information content (AvgIpc) is 3.26. The Kier molecular flexibility index (Phi) is 6.62. The number of aromatic nitrogens is 1. The predicted octanol–water partition coefficient (Wildman–Crippen LogP) is 3.56. The van der Waals surface area contributed by atoms with Crippen LogP contribution in [0.25, 0.3) is 0 Å². The Bertz CT molecular complexity index is 1030. The predicted molar refractivity (Wildman–Crippen MR) is 120 cm³/mol. The van der Waals surface area contributed by atoms with Gasteiger partial charge < -0.3 is 14.5 Å². The molecule has 160 valence electrons. The number of amides is 2. The first kappa shape index (κ1) is 21.1. The molecule has 1 aliphatic heterocycles. The fourth-order valence-electron chi connectivity index (χ4n) is 3.46. The Morgan fingerprint density at radius 1 is 0.968 bits per heavy atom. The Morgan fingerprint density at radius 2 is 1.65 bits per heavy atom. The van der Waals surface area contributed by atoms with Crippen LogP contribution in [0.1, 0.15) is 26.6 Å². The van der Waals surface area contributed by atoms with Crippen molar-refractivity contribution in [3.8, 4) is 5.75 Å². The second-order valence-corrected chi connectivity index (χ2v) is 8.49. The van der Waals surface area contributed by atoms with Gasteiger partial charge in [-0.3, -0.25) is 9.59 Å². The highest BCUT2D eigenvalue weighted by Gasteiger charge is 2.25. The van der Waals surface area contributed by atoms with Crippen LogP contribution in [0.3, 0.4) is 0 Å². The van der Waals surface area contributed by atoms with Gasteiger partial charge in [-0.15, -0.1) is 11.3 Å². The standard InChI is InChI=1S/C24H25N3O3S/c1-18-7-9-21(10-8-18)30-16-22-25-20(17-31-22)15-23(28)26-11-13-27(14-12-26)24(29)19-5-3-2-4-6-19/h2-10,17H,11-16H2,1H3. The number of carbonyl (C=O) groups excluding carboxylic acids is 2. The molecule has 4 rings (SSSR count). The Balaban J connectivity index is 1.25. The highest BCUT2D eigenvalue weighted by atomic mass is 32.1. The first-order valence-electron chi connectivity index (χ1n) is 10.3.